The van der Waals surface area contributed by atoms with Crippen molar-refractivity contribution in [2.75, 3.05) is 0 Å². The van der Waals surface area contributed by atoms with E-state index in [1.54, 1.807) is 0 Å². The van der Waals surface area contributed by atoms with Crippen LogP contribution in [-0.2, 0) is 23.0 Å². The summed E-state index contributed by atoms with van der Waals surface area (Å²) in [7, 11) is 9.78. The first-order chi connectivity index (χ1) is 11.7. The fraction of sp³-hybridized carbons (Fsp3) is 0.118. The Hall–Kier alpha value is -0.876. The van der Waals surface area contributed by atoms with E-state index in [0.29, 0.717) is 5.56 Å². The van der Waals surface area contributed by atoms with E-state index in [9.17, 15) is 22.0 Å². The van der Waals surface area contributed by atoms with Crippen molar-refractivity contribution in [3.8, 4) is 0 Å². The number of rotatable bonds is 2. The Kier molecular flexibility index (Phi) is 6.71. The van der Waals surface area contributed by atoms with Crippen molar-refractivity contribution in [3.63, 3.8) is 0 Å². The van der Waals surface area contributed by atoms with Gasteiger partial charge in [0.2, 0.25) is 0 Å². The first-order valence-corrected chi connectivity index (χ1v) is 11.2. The molecule has 0 heterocycles. The zero-order valence-corrected chi connectivity index (χ0v) is 15.5. The third kappa shape index (κ3) is 4.65. The number of hydrogen-bond donors (Lipinski definition) is 0. The molecule has 1 radical (unpaired) electrons. The Balaban J connectivity index is 0.000000701. The molecule has 0 nitrogen and oxygen atoms in total. The Labute approximate surface area is 158 Å². The molecule has 0 fully saturated rings. The van der Waals surface area contributed by atoms with Gasteiger partial charge in [0.05, 0.1) is 0 Å². The molecule has 0 amide bonds. The van der Waals surface area contributed by atoms with Crippen molar-refractivity contribution >= 4 is 30.3 Å². The zero-order chi connectivity index (χ0) is 18.7. The number of hydrogen-bond acceptors (Lipinski definition) is 0. The summed E-state index contributed by atoms with van der Waals surface area (Å²) in [4.78, 5) is 0. The van der Waals surface area contributed by atoms with Gasteiger partial charge in [-0.25, -0.2) is 0 Å². The summed E-state index contributed by atoms with van der Waals surface area (Å²) in [6, 6.07) is 11.8. The van der Waals surface area contributed by atoms with Crippen LogP contribution in [0.1, 0.15) is 22.3 Å². The minimum atomic E-state index is -5.59. The summed E-state index contributed by atoms with van der Waals surface area (Å²) in [5.41, 5.74) is 2.30. The van der Waals surface area contributed by atoms with E-state index >= 15 is 0 Å². The summed E-state index contributed by atoms with van der Waals surface area (Å²) < 4.78 is 63.5. The van der Waals surface area contributed by atoms with Crippen LogP contribution >= 0.6 is 18.6 Å². The fourth-order valence-corrected chi connectivity index (χ4v) is 2.35. The molecule has 8 heteroatoms. The summed E-state index contributed by atoms with van der Waals surface area (Å²) in [5, 5.41) is 0. The van der Waals surface area contributed by atoms with Gasteiger partial charge in [-0.3, -0.25) is 0 Å². The molecule has 0 spiro atoms. The van der Waals surface area contributed by atoms with E-state index in [1.807, 2.05) is 36.8 Å². The molecule has 0 aliphatic heterocycles. The maximum atomic E-state index is 13.2. The van der Waals surface area contributed by atoms with E-state index < -0.39 is 34.7 Å². The van der Waals surface area contributed by atoms with E-state index in [0.717, 1.165) is 28.8 Å². The molecule has 0 unspecified atom stereocenters. The van der Waals surface area contributed by atoms with Gasteiger partial charge < -0.3 is 0 Å². The van der Waals surface area contributed by atoms with Crippen molar-refractivity contribution in [2.24, 2.45) is 0 Å². The van der Waals surface area contributed by atoms with E-state index in [-0.39, 0.29) is 0 Å². The molecule has 1 aliphatic rings. The molecule has 25 heavy (non-hydrogen) atoms. The first kappa shape index (κ1) is 20.4. The normalized spacial score (nSPS) is 13.5. The van der Waals surface area contributed by atoms with Crippen LogP contribution in [0.5, 0.6) is 0 Å². The average Bonchev–Trinajstić information content (AvgIpc) is 2.99. The van der Waals surface area contributed by atoms with Gasteiger partial charge in [0.25, 0.3) is 0 Å². The van der Waals surface area contributed by atoms with Crippen molar-refractivity contribution in [2.45, 2.75) is 12.1 Å². The standard InChI is InChI=1S/C17H10F5.2ClH.Ti/c18-16(19,17(20,21)22)15-7-5-11(6-8-15)14-9-12-3-1-2-4-13(12)10-14;;;/h1-10H;2*1H;/q;;;+2/p-2. The van der Waals surface area contributed by atoms with Gasteiger partial charge in [-0.05, 0) is 22.3 Å². The number of benzene rings is 2. The second-order valence-electron chi connectivity index (χ2n) is 5.09. The minimum absolute atomic E-state index is 0.556. The van der Waals surface area contributed by atoms with Gasteiger partial charge in [0.1, 0.15) is 0 Å². The molecule has 2 aromatic carbocycles. The second kappa shape index (κ2) is 8.21. The number of fused-ring (bicyclic) bond motifs is 1. The molecule has 0 aromatic heterocycles. The molecule has 1 aliphatic carbocycles. The Morgan fingerprint density at radius 3 is 1.76 bits per heavy atom. The SMILES string of the molecule is FC(F)(F)C(F)(F)c1ccc(C2=Cc3ccccc3[CH]2)cc1.[Cl][Ti][Cl]. The van der Waals surface area contributed by atoms with E-state index in [4.69, 9.17) is 18.6 Å². The fourth-order valence-electron chi connectivity index (χ4n) is 2.35. The third-order valence-electron chi connectivity index (χ3n) is 3.55. The molecule has 2 aromatic rings. The van der Waals surface area contributed by atoms with Gasteiger partial charge in [0, 0.05) is 12.0 Å². The molecule has 0 N–H and O–H groups in total. The van der Waals surface area contributed by atoms with Gasteiger partial charge in [-0.2, -0.15) is 22.0 Å². The first-order valence-electron chi connectivity index (χ1n) is 6.88. The van der Waals surface area contributed by atoms with Crippen LogP contribution < -0.4 is 0 Å². The molecular formula is C17H10Cl2F5Ti. The van der Waals surface area contributed by atoms with Crippen LogP contribution in [0.15, 0.2) is 48.5 Å². The van der Waals surface area contributed by atoms with Crippen molar-refractivity contribution in [1.29, 1.82) is 0 Å². The zero-order valence-electron chi connectivity index (χ0n) is 12.4. The van der Waals surface area contributed by atoms with Gasteiger partial charge >= 0.3 is 47.7 Å². The number of allylic oxidation sites excluding steroid dienone is 1. The summed E-state index contributed by atoms with van der Waals surface area (Å²) >= 11 is -0.556. The predicted octanol–water partition coefficient (Wildman–Crippen LogP) is 6.82. The van der Waals surface area contributed by atoms with Crippen LogP contribution in [-0.4, -0.2) is 6.18 Å². The molecule has 0 bridgehead atoms. The monoisotopic (exact) mass is 427 g/mol. The molecule has 0 saturated carbocycles. The molecule has 0 saturated heterocycles. The van der Waals surface area contributed by atoms with Gasteiger partial charge in [-0.15, -0.1) is 0 Å². The summed E-state index contributed by atoms with van der Waals surface area (Å²) in [6.45, 7) is 0. The summed E-state index contributed by atoms with van der Waals surface area (Å²) in [5.74, 6) is -4.84. The van der Waals surface area contributed by atoms with Crippen LogP contribution in [0.25, 0.3) is 11.6 Å². The number of alkyl halides is 5. The topological polar surface area (TPSA) is 0 Å². The molecular weight excluding hydrogens is 418 g/mol. The quantitative estimate of drug-likeness (QED) is 0.364. The van der Waals surface area contributed by atoms with Crippen LogP contribution in [0.3, 0.4) is 0 Å². The number of halogens is 7. The Bertz CT molecular complexity index is 754. The van der Waals surface area contributed by atoms with E-state index in [2.05, 4.69) is 0 Å². The Morgan fingerprint density at radius 1 is 0.760 bits per heavy atom. The average molecular weight is 428 g/mol. The van der Waals surface area contributed by atoms with Crippen molar-refractivity contribution in [3.05, 3.63) is 77.2 Å². The van der Waals surface area contributed by atoms with Crippen LogP contribution in [0.4, 0.5) is 22.0 Å². The Morgan fingerprint density at radius 2 is 1.28 bits per heavy atom. The van der Waals surface area contributed by atoms with Crippen LogP contribution in [0, 0.1) is 6.42 Å². The predicted molar refractivity (Wildman–Crippen MR) is 85.8 cm³/mol. The maximum absolute atomic E-state index is 13.2. The van der Waals surface area contributed by atoms with Crippen LogP contribution in [0.2, 0.25) is 0 Å². The molecule has 3 rings (SSSR count). The molecule has 131 valence electrons. The summed E-state index contributed by atoms with van der Waals surface area (Å²) in [6.07, 6.45) is -1.86. The van der Waals surface area contributed by atoms with Gasteiger partial charge in [-0.1, -0.05) is 54.6 Å². The van der Waals surface area contributed by atoms with E-state index in [1.165, 1.54) is 12.1 Å². The third-order valence-corrected chi connectivity index (χ3v) is 3.55. The van der Waals surface area contributed by atoms with Crippen molar-refractivity contribution < 1.29 is 39.0 Å². The van der Waals surface area contributed by atoms with Crippen molar-refractivity contribution in [1.82, 2.24) is 0 Å². The van der Waals surface area contributed by atoms with Gasteiger partial charge in [0.15, 0.2) is 0 Å². The second-order valence-corrected chi connectivity index (χ2v) is 7.67. The molecule has 0 atom stereocenters.